The number of hydrogen-bond donors (Lipinski definition) is 0. The molecule has 0 N–H and O–H groups in total. The summed E-state index contributed by atoms with van der Waals surface area (Å²) in [6.45, 7) is 13.2. The van der Waals surface area contributed by atoms with Gasteiger partial charge in [-0.15, -0.1) is 0 Å². The van der Waals surface area contributed by atoms with Crippen molar-refractivity contribution in [3.05, 3.63) is 30.1 Å². The van der Waals surface area contributed by atoms with E-state index in [0.29, 0.717) is 6.61 Å². The van der Waals surface area contributed by atoms with Gasteiger partial charge in [0.1, 0.15) is 0 Å². The number of fused-ring (bicyclic) bond motifs is 1. The number of nitrogens with zero attached hydrogens (tertiary/aromatic N) is 2. The minimum Gasteiger partial charge on any atom is -0.466 e. The highest BCUT2D eigenvalue weighted by Gasteiger charge is 2.40. The lowest BCUT2D eigenvalue weighted by molar-refractivity contribution is -0.145. The van der Waals surface area contributed by atoms with E-state index >= 15 is 0 Å². The van der Waals surface area contributed by atoms with Gasteiger partial charge in [-0.2, -0.15) is 0 Å². The lowest BCUT2D eigenvalue weighted by Crippen LogP contribution is -2.42. The third kappa shape index (κ3) is 4.49. The summed E-state index contributed by atoms with van der Waals surface area (Å²) in [6, 6.07) is 6.08. The van der Waals surface area contributed by atoms with Crippen LogP contribution in [0.25, 0.3) is 11.0 Å². The number of carbonyl (C=O) groups excluding carboxylic acids is 1. The van der Waals surface area contributed by atoms with Gasteiger partial charge in [0.15, 0.2) is 8.32 Å². The molecule has 2 aromatic rings. The zero-order valence-electron chi connectivity index (χ0n) is 16.4. The molecule has 0 saturated heterocycles. The Labute approximate surface area is 151 Å². The Morgan fingerprint density at radius 3 is 2.60 bits per heavy atom. The second-order valence-electron chi connectivity index (χ2n) is 7.98. The molecule has 0 amide bonds. The molecule has 1 heterocycles. The zero-order chi connectivity index (χ0) is 18.8. The van der Waals surface area contributed by atoms with E-state index in [0.717, 1.165) is 16.6 Å². The maximum Gasteiger partial charge on any atom is 0.308 e. The quantitative estimate of drug-likeness (QED) is 0.557. The summed E-state index contributed by atoms with van der Waals surface area (Å²) in [5, 5.41) is 0.0645. The van der Waals surface area contributed by atoms with Crippen molar-refractivity contribution in [3.8, 4) is 0 Å². The first kappa shape index (κ1) is 19.7. The molecule has 1 atom stereocenters. The van der Waals surface area contributed by atoms with E-state index in [9.17, 15) is 4.79 Å². The second-order valence-corrected chi connectivity index (χ2v) is 12.7. The summed E-state index contributed by atoms with van der Waals surface area (Å²) in [5.41, 5.74) is 2.95. The van der Waals surface area contributed by atoms with Crippen molar-refractivity contribution >= 4 is 25.3 Å². The highest BCUT2D eigenvalue weighted by Crippen LogP contribution is 2.40. The predicted molar refractivity (Wildman–Crippen MR) is 103 cm³/mol. The first-order chi connectivity index (χ1) is 11.5. The fourth-order valence-corrected chi connectivity index (χ4v) is 3.77. The number of aromatic nitrogens is 2. The zero-order valence-corrected chi connectivity index (χ0v) is 17.4. The monoisotopic (exact) mass is 362 g/mol. The second kappa shape index (κ2) is 7.29. The van der Waals surface area contributed by atoms with Crippen LogP contribution in [0.3, 0.4) is 0 Å². The van der Waals surface area contributed by atoms with Gasteiger partial charge in [-0.05, 0) is 42.8 Å². The van der Waals surface area contributed by atoms with Crippen LogP contribution in [0, 0.1) is 0 Å². The van der Waals surface area contributed by atoms with E-state index in [2.05, 4.69) is 38.8 Å². The molecule has 0 aliphatic heterocycles. The summed E-state index contributed by atoms with van der Waals surface area (Å²) < 4.78 is 13.7. The highest BCUT2D eigenvalue weighted by atomic mass is 28.4. The first-order valence-electron chi connectivity index (χ1n) is 8.79. The fourth-order valence-electron chi connectivity index (χ4n) is 2.48. The molecule has 138 valence electrons. The largest absolute Gasteiger partial charge is 0.466 e. The van der Waals surface area contributed by atoms with Crippen LogP contribution in [-0.2, 0) is 21.0 Å². The van der Waals surface area contributed by atoms with Gasteiger partial charge in [-0.25, -0.2) is 4.98 Å². The molecule has 1 aromatic heterocycles. The SMILES string of the molecule is CCOC(=O)C[C@H](O[Si](C)(C)C(C)(C)C)c1ccc2c(c1)ncn2C. The molecule has 1 aromatic carbocycles. The number of ether oxygens (including phenoxy) is 1. The maximum absolute atomic E-state index is 12.1. The molecule has 0 aliphatic rings. The van der Waals surface area contributed by atoms with E-state index < -0.39 is 8.32 Å². The maximum atomic E-state index is 12.1. The third-order valence-corrected chi connectivity index (χ3v) is 9.51. The lowest BCUT2D eigenvalue weighted by Gasteiger charge is -2.39. The summed E-state index contributed by atoms with van der Waals surface area (Å²) in [4.78, 5) is 16.5. The summed E-state index contributed by atoms with van der Waals surface area (Å²) in [5.74, 6) is -0.229. The van der Waals surface area contributed by atoms with E-state index in [1.165, 1.54) is 0 Å². The summed E-state index contributed by atoms with van der Waals surface area (Å²) in [6.07, 6.45) is 1.70. The Morgan fingerprint density at radius 2 is 2.00 bits per heavy atom. The number of benzene rings is 1. The minimum absolute atomic E-state index is 0.0645. The van der Waals surface area contributed by atoms with Gasteiger partial charge in [0, 0.05) is 7.05 Å². The van der Waals surface area contributed by atoms with Crippen molar-refractivity contribution in [2.75, 3.05) is 6.61 Å². The van der Waals surface area contributed by atoms with E-state index in [4.69, 9.17) is 9.16 Å². The van der Waals surface area contributed by atoms with Crippen LogP contribution >= 0.6 is 0 Å². The van der Waals surface area contributed by atoms with Crippen LogP contribution in [0.2, 0.25) is 18.1 Å². The number of hydrogen-bond acceptors (Lipinski definition) is 4. The van der Waals surface area contributed by atoms with Gasteiger partial charge in [0.2, 0.25) is 0 Å². The molecular formula is C19H30N2O3Si. The van der Waals surface area contributed by atoms with Crippen molar-refractivity contribution in [1.29, 1.82) is 0 Å². The number of esters is 1. The van der Waals surface area contributed by atoms with Crippen molar-refractivity contribution in [3.63, 3.8) is 0 Å². The molecule has 0 aliphatic carbocycles. The van der Waals surface area contributed by atoms with Gasteiger partial charge in [-0.3, -0.25) is 4.79 Å². The Kier molecular flexibility index (Phi) is 5.74. The highest BCUT2D eigenvalue weighted by molar-refractivity contribution is 6.74. The molecule has 0 bridgehead atoms. The third-order valence-electron chi connectivity index (χ3n) is 5.02. The van der Waals surface area contributed by atoms with Crippen molar-refractivity contribution in [2.24, 2.45) is 7.05 Å². The standard InChI is InChI=1S/C19H30N2O3Si/c1-8-23-18(22)12-17(24-25(6,7)19(2,3)4)14-9-10-16-15(11-14)20-13-21(16)5/h9-11,13,17H,8,12H2,1-7H3/t17-/m0/s1. The molecule has 0 saturated carbocycles. The molecule has 2 rings (SSSR count). The number of rotatable bonds is 6. The molecule has 0 unspecified atom stereocenters. The lowest BCUT2D eigenvalue weighted by atomic mass is 10.1. The fraction of sp³-hybridized carbons (Fsp3) is 0.579. The van der Waals surface area contributed by atoms with Gasteiger partial charge in [0.05, 0.1) is 36.5 Å². The van der Waals surface area contributed by atoms with E-state index in [1.807, 2.05) is 36.7 Å². The molecule has 5 nitrogen and oxygen atoms in total. The number of imidazole rings is 1. The van der Waals surface area contributed by atoms with Crippen LogP contribution in [0.15, 0.2) is 24.5 Å². The van der Waals surface area contributed by atoms with E-state index in [1.54, 1.807) is 6.33 Å². The van der Waals surface area contributed by atoms with Gasteiger partial charge < -0.3 is 13.7 Å². The van der Waals surface area contributed by atoms with Crippen molar-refractivity contribution in [2.45, 2.75) is 58.4 Å². The van der Waals surface area contributed by atoms with Crippen LogP contribution in [0.4, 0.5) is 0 Å². The minimum atomic E-state index is -2.04. The number of carbonyl (C=O) groups is 1. The summed E-state index contributed by atoms with van der Waals surface area (Å²) >= 11 is 0. The molecule has 0 spiro atoms. The Bertz CT molecular complexity index is 747. The van der Waals surface area contributed by atoms with Crippen LogP contribution in [0.5, 0.6) is 0 Å². The molecule has 0 fully saturated rings. The predicted octanol–water partition coefficient (Wildman–Crippen LogP) is 4.59. The van der Waals surface area contributed by atoms with Gasteiger partial charge in [0.25, 0.3) is 0 Å². The van der Waals surface area contributed by atoms with Crippen LogP contribution in [-0.4, -0.2) is 30.4 Å². The smallest absolute Gasteiger partial charge is 0.308 e. The molecule has 25 heavy (non-hydrogen) atoms. The first-order valence-corrected chi connectivity index (χ1v) is 11.7. The molecular weight excluding hydrogens is 332 g/mol. The Morgan fingerprint density at radius 1 is 1.32 bits per heavy atom. The Hall–Kier alpha value is -1.66. The van der Waals surface area contributed by atoms with Gasteiger partial charge >= 0.3 is 5.97 Å². The van der Waals surface area contributed by atoms with E-state index in [-0.39, 0.29) is 23.5 Å². The average molecular weight is 363 g/mol. The molecule has 6 heteroatoms. The van der Waals surface area contributed by atoms with Gasteiger partial charge in [-0.1, -0.05) is 26.8 Å². The van der Waals surface area contributed by atoms with Crippen molar-refractivity contribution < 1.29 is 14.0 Å². The normalized spacial score (nSPS) is 13.9. The molecule has 0 radical (unpaired) electrons. The van der Waals surface area contributed by atoms with Crippen LogP contribution < -0.4 is 0 Å². The average Bonchev–Trinajstić information content (AvgIpc) is 2.86. The summed E-state index contributed by atoms with van der Waals surface area (Å²) in [7, 11) is -0.0668. The van der Waals surface area contributed by atoms with Crippen LogP contribution in [0.1, 0.15) is 45.8 Å². The number of aryl methyl sites for hydroxylation is 1. The topological polar surface area (TPSA) is 53.4 Å². The van der Waals surface area contributed by atoms with Crippen molar-refractivity contribution in [1.82, 2.24) is 9.55 Å². The Balaban J connectivity index is 2.36.